The zero-order valence-corrected chi connectivity index (χ0v) is 20.1. The number of urea groups is 1. The van der Waals surface area contributed by atoms with Gasteiger partial charge in [-0.2, -0.15) is 0 Å². The van der Waals surface area contributed by atoms with Gasteiger partial charge in [0.25, 0.3) is 5.56 Å². The highest BCUT2D eigenvalue weighted by molar-refractivity contribution is 5.99. The lowest BCUT2D eigenvalue weighted by atomic mass is 10.1. The van der Waals surface area contributed by atoms with Crippen molar-refractivity contribution in [3.05, 3.63) is 70.6 Å². The minimum absolute atomic E-state index is 0.00558. The highest BCUT2D eigenvalue weighted by Gasteiger charge is 2.11. The van der Waals surface area contributed by atoms with Crippen LogP contribution in [0.5, 0.6) is 5.75 Å². The van der Waals surface area contributed by atoms with E-state index in [-0.39, 0.29) is 24.0 Å². The van der Waals surface area contributed by atoms with Crippen molar-refractivity contribution in [3.8, 4) is 16.9 Å². The van der Waals surface area contributed by atoms with E-state index >= 15 is 0 Å². The molecule has 3 amide bonds. The van der Waals surface area contributed by atoms with Gasteiger partial charge in [0.2, 0.25) is 11.9 Å². The summed E-state index contributed by atoms with van der Waals surface area (Å²) in [6, 6.07) is 13.9. The van der Waals surface area contributed by atoms with Crippen LogP contribution in [0.3, 0.4) is 0 Å². The van der Waals surface area contributed by atoms with Crippen molar-refractivity contribution < 1.29 is 14.3 Å². The zero-order valence-electron chi connectivity index (χ0n) is 20.1. The molecule has 1 aromatic heterocycles. The number of anilines is 2. The van der Waals surface area contributed by atoms with Crippen LogP contribution >= 0.6 is 0 Å². The van der Waals surface area contributed by atoms with E-state index in [0.717, 1.165) is 30.6 Å². The molecular formula is C25H31N7O4. The largest absolute Gasteiger partial charge is 0.490 e. The van der Waals surface area contributed by atoms with Gasteiger partial charge in [-0.25, -0.2) is 9.78 Å². The van der Waals surface area contributed by atoms with E-state index < -0.39 is 6.03 Å². The molecule has 0 aliphatic carbocycles. The van der Waals surface area contributed by atoms with Crippen LogP contribution in [0.2, 0.25) is 0 Å². The monoisotopic (exact) mass is 493 g/mol. The minimum atomic E-state index is -0.602. The lowest BCUT2D eigenvalue weighted by molar-refractivity contribution is -0.119. The second-order valence-corrected chi connectivity index (χ2v) is 7.90. The first kappa shape index (κ1) is 26.4. The van der Waals surface area contributed by atoms with Crippen LogP contribution in [0, 0.1) is 0 Å². The third-order valence-corrected chi connectivity index (χ3v) is 5.05. The Morgan fingerprint density at radius 3 is 2.56 bits per heavy atom. The first-order chi connectivity index (χ1) is 17.5. The number of ether oxygens (including phenoxy) is 1. The third-order valence-electron chi connectivity index (χ3n) is 5.05. The van der Waals surface area contributed by atoms with Gasteiger partial charge in [-0.1, -0.05) is 36.4 Å². The molecule has 7 N–H and O–H groups in total. The van der Waals surface area contributed by atoms with Crippen LogP contribution in [0.1, 0.15) is 18.9 Å². The number of amides is 3. The molecule has 11 heteroatoms. The Balaban J connectivity index is 1.58. The van der Waals surface area contributed by atoms with Gasteiger partial charge in [0, 0.05) is 19.7 Å². The number of hydrogen-bond acceptors (Lipinski definition) is 7. The summed E-state index contributed by atoms with van der Waals surface area (Å²) in [5.41, 5.74) is 7.74. The molecule has 3 aromatic rings. The van der Waals surface area contributed by atoms with E-state index in [1.165, 1.54) is 13.1 Å². The Labute approximate surface area is 208 Å². The quantitative estimate of drug-likeness (QED) is 0.210. The fraction of sp³-hybridized carbons (Fsp3) is 0.280. The summed E-state index contributed by atoms with van der Waals surface area (Å²) in [4.78, 5) is 42.8. The van der Waals surface area contributed by atoms with Crippen LogP contribution in [0.4, 0.5) is 16.4 Å². The van der Waals surface area contributed by atoms with Gasteiger partial charge >= 0.3 is 6.03 Å². The molecule has 0 bridgehead atoms. The van der Waals surface area contributed by atoms with Gasteiger partial charge < -0.3 is 26.4 Å². The summed E-state index contributed by atoms with van der Waals surface area (Å²) in [7, 11) is 0. The number of rotatable bonds is 12. The van der Waals surface area contributed by atoms with Crippen LogP contribution in [-0.2, 0) is 11.3 Å². The minimum Gasteiger partial charge on any atom is -0.490 e. The first-order valence-corrected chi connectivity index (χ1v) is 11.6. The van der Waals surface area contributed by atoms with Gasteiger partial charge in [0.15, 0.2) is 0 Å². The number of nitrogens with two attached hydrogens (primary N) is 1. The van der Waals surface area contributed by atoms with E-state index in [1.54, 1.807) is 24.3 Å². The van der Waals surface area contributed by atoms with Crippen molar-refractivity contribution in [1.82, 2.24) is 20.6 Å². The summed E-state index contributed by atoms with van der Waals surface area (Å²) >= 11 is 0. The molecule has 190 valence electrons. The maximum absolute atomic E-state index is 12.6. The summed E-state index contributed by atoms with van der Waals surface area (Å²) in [5.74, 6) is 0.291. The van der Waals surface area contributed by atoms with E-state index in [0.29, 0.717) is 30.1 Å². The van der Waals surface area contributed by atoms with Gasteiger partial charge in [-0.15, -0.1) is 0 Å². The topological polar surface area (TPSA) is 163 Å². The second-order valence-electron chi connectivity index (χ2n) is 7.90. The predicted octanol–water partition coefficient (Wildman–Crippen LogP) is 2.03. The predicted molar refractivity (Wildman–Crippen MR) is 139 cm³/mol. The highest BCUT2D eigenvalue weighted by atomic mass is 16.5. The van der Waals surface area contributed by atoms with Crippen molar-refractivity contribution in [2.75, 3.05) is 36.9 Å². The average molecular weight is 494 g/mol. The molecule has 0 aliphatic heterocycles. The highest BCUT2D eigenvalue weighted by Crippen LogP contribution is 2.23. The molecule has 1 heterocycles. The Kier molecular flexibility index (Phi) is 9.98. The summed E-state index contributed by atoms with van der Waals surface area (Å²) in [6.45, 7) is 4.21. The van der Waals surface area contributed by atoms with Crippen molar-refractivity contribution in [2.45, 2.75) is 19.9 Å². The molecule has 2 aromatic carbocycles. The lowest BCUT2D eigenvalue weighted by Gasteiger charge is -2.13. The van der Waals surface area contributed by atoms with Gasteiger partial charge in [0.1, 0.15) is 12.4 Å². The molecule has 0 atom stereocenters. The fourth-order valence-electron chi connectivity index (χ4n) is 3.27. The summed E-state index contributed by atoms with van der Waals surface area (Å²) < 4.78 is 5.62. The van der Waals surface area contributed by atoms with Crippen molar-refractivity contribution in [1.29, 1.82) is 0 Å². The van der Waals surface area contributed by atoms with Crippen LogP contribution in [0.15, 0.2) is 59.5 Å². The number of hydrogen-bond donors (Lipinski definition) is 6. The molecule has 0 unspecified atom stereocenters. The van der Waals surface area contributed by atoms with Crippen molar-refractivity contribution in [3.63, 3.8) is 0 Å². The van der Waals surface area contributed by atoms with Crippen molar-refractivity contribution >= 4 is 23.6 Å². The van der Waals surface area contributed by atoms with E-state index in [1.807, 2.05) is 24.3 Å². The normalized spacial score (nSPS) is 10.5. The number of aromatic nitrogens is 2. The molecule has 36 heavy (non-hydrogen) atoms. The van der Waals surface area contributed by atoms with Crippen LogP contribution < -0.4 is 37.3 Å². The zero-order chi connectivity index (χ0) is 25.8. The molecule has 0 aliphatic rings. The molecular weight excluding hydrogens is 462 g/mol. The van der Waals surface area contributed by atoms with E-state index in [4.69, 9.17) is 10.5 Å². The molecule has 0 fully saturated rings. The maximum atomic E-state index is 12.6. The van der Waals surface area contributed by atoms with Crippen LogP contribution in [-0.4, -0.2) is 48.1 Å². The SMILES string of the molecule is CC(=O)NCCOc1ccccc1NC(=O)Nc1ncc(-c2ccc(CNCCCN)cc2)c(=O)[nH]1. The average Bonchev–Trinajstić information content (AvgIpc) is 2.86. The van der Waals surface area contributed by atoms with Gasteiger partial charge in [-0.3, -0.25) is 19.9 Å². The molecule has 0 saturated carbocycles. The fourth-order valence-corrected chi connectivity index (χ4v) is 3.27. The number of H-pyrrole nitrogens is 1. The summed E-state index contributed by atoms with van der Waals surface area (Å²) in [6.07, 6.45) is 2.33. The second kappa shape index (κ2) is 13.6. The molecule has 11 nitrogen and oxygen atoms in total. The van der Waals surface area contributed by atoms with E-state index in [2.05, 4.69) is 31.2 Å². The number of para-hydroxylation sites is 2. The van der Waals surface area contributed by atoms with Crippen LogP contribution in [0.25, 0.3) is 11.1 Å². The first-order valence-electron chi connectivity index (χ1n) is 11.6. The number of nitrogens with one attached hydrogen (secondary N) is 5. The number of benzene rings is 2. The molecule has 0 spiro atoms. The van der Waals surface area contributed by atoms with Gasteiger partial charge in [-0.05, 0) is 42.8 Å². The Morgan fingerprint density at radius 1 is 1.06 bits per heavy atom. The number of carbonyl (C=O) groups excluding carboxylic acids is 2. The third kappa shape index (κ3) is 8.22. The Hall–Kier alpha value is -4.22. The maximum Gasteiger partial charge on any atom is 0.326 e. The molecule has 0 radical (unpaired) electrons. The number of carbonyl (C=O) groups is 2. The standard InChI is InChI=1S/C25H31N7O4/c1-17(33)28-13-14-36-22-6-3-2-5-21(22)30-25(35)32-24-29-16-20(23(34)31-24)19-9-7-18(8-10-19)15-27-12-4-11-26/h2-3,5-10,16,27H,4,11-15,26H2,1H3,(H,28,33)(H3,29,30,31,32,34,35). The Morgan fingerprint density at radius 2 is 1.83 bits per heavy atom. The lowest BCUT2D eigenvalue weighted by Crippen LogP contribution is -2.26. The molecule has 0 saturated heterocycles. The van der Waals surface area contributed by atoms with E-state index in [9.17, 15) is 14.4 Å². The smallest absolute Gasteiger partial charge is 0.326 e. The number of aromatic amines is 1. The Bertz CT molecular complexity index is 1210. The molecule has 3 rings (SSSR count). The van der Waals surface area contributed by atoms with Gasteiger partial charge in [0.05, 0.1) is 17.8 Å². The summed E-state index contributed by atoms with van der Waals surface area (Å²) in [5, 5.41) is 11.1. The van der Waals surface area contributed by atoms with Crippen molar-refractivity contribution in [2.24, 2.45) is 5.73 Å². The number of nitrogens with zero attached hydrogens (tertiary/aromatic N) is 1.